The fourth-order valence-corrected chi connectivity index (χ4v) is 17.7. The van der Waals surface area contributed by atoms with Crippen molar-refractivity contribution in [3.05, 3.63) is 189 Å². The lowest BCUT2D eigenvalue weighted by molar-refractivity contribution is -0.143. The number of hydrogen-bond donors (Lipinski definition) is 15. The number of carboxylic acid groups (broad SMARTS) is 4. The molecule has 43 nitrogen and oxygen atoms in total. The Hall–Kier alpha value is -14.5. The molecule has 48 heteroatoms. The van der Waals surface area contributed by atoms with Crippen LogP contribution in [0, 0.1) is 11.8 Å². The molecule has 0 radical (unpaired) electrons. The summed E-state index contributed by atoms with van der Waals surface area (Å²) in [6, 6.07) is 30.5. The number of carboxylic acids is 4. The molecule has 4 aromatic carbocycles. The van der Waals surface area contributed by atoms with E-state index in [4.69, 9.17) is 52.1 Å². The van der Waals surface area contributed by atoms with Gasteiger partial charge in [-0.25, -0.2) is 64.0 Å². The molecule has 2 amide bonds. The minimum atomic E-state index is -1.41. The van der Waals surface area contributed by atoms with Gasteiger partial charge < -0.3 is 83.4 Å². The minimum absolute atomic E-state index is 0.0178. The van der Waals surface area contributed by atoms with Crippen LogP contribution in [0.25, 0.3) is 66.2 Å². The van der Waals surface area contributed by atoms with Gasteiger partial charge in [-0.3, -0.25) is 53.2 Å². The molecule has 137 heavy (non-hydrogen) atoms. The molecule has 0 aliphatic rings. The Balaban J connectivity index is 0.000000216. The van der Waals surface area contributed by atoms with Crippen molar-refractivity contribution in [2.45, 2.75) is 147 Å². The smallest absolute Gasteiger partial charge is 0.481 e. The van der Waals surface area contributed by atoms with Gasteiger partial charge in [0.15, 0.2) is 34.0 Å². The van der Waals surface area contributed by atoms with Crippen LogP contribution in [0.4, 0.5) is 44.5 Å². The molecule has 4 atom stereocenters. The van der Waals surface area contributed by atoms with E-state index in [1.807, 2.05) is 71.3 Å². The third-order valence-corrected chi connectivity index (χ3v) is 25.5. The molecular formula is C89H99N23O20S5. The zero-order valence-corrected chi connectivity index (χ0v) is 78.5. The van der Waals surface area contributed by atoms with Gasteiger partial charge in [0.05, 0.1) is 71.8 Å². The lowest BCUT2D eigenvalue weighted by Gasteiger charge is -2.26. The van der Waals surface area contributed by atoms with Crippen molar-refractivity contribution in [3.8, 4) is 0 Å². The van der Waals surface area contributed by atoms with Crippen molar-refractivity contribution >= 4 is 216 Å². The number of thiol groups is 1. The first-order valence-electron chi connectivity index (χ1n) is 42.9. The maximum atomic E-state index is 12.9. The number of benzene rings is 4. The number of aryl methyl sites for hydroxylation is 2. The van der Waals surface area contributed by atoms with Crippen molar-refractivity contribution < 1.29 is 87.4 Å². The standard InChI is InChI=1S/C44H51N11O10S2.C23H25N7O7S.C22H23N5O3S2/c1-4-5-10-32-52-33-35(29-8-6-7-9-30(29)50-36(33)45)55(32)23-44(2,3)65-43(63)64-17-18-66-67-22-25(40(59)60)19-28(56)15-16-31(41(61)62)51-38(57)24-11-13-26(14-12-24)47-20-27-21-48-37-34(49-27)39(58)54-42(46)53-37;24-23-29-18-17(20(33)30-23)27-14(9-26-18)8-25-13-3-1-11(2-4-13)19(32)28-16(22(36)37)6-5-15(31)7-12(10-38)21(34)35;1-2-3-10-17-26-19-20(15-8-4-5-9-16(15)25-21(19)23)27(17)30-22(28)29-13-14-31-32-18-11-6-7-12-24-18/h6-9,11-14,21,25,31,47H,4-5,10,15-20,22-23H2,1-3H3,(H2,45,50)(H,51,57)(H,59,60)(H,61,62)(H3,46,48,53,54,58);1-4,9,12,16,25,38H,5-8,10H2,(H,28,32)(H,34,35)(H,36,37)(H3,24,26,29,30,33);4-9,11-12H,2-3,10,13-14H2,1H3,(H2,23,25). The Morgan fingerprint density at radius 3 is 1.50 bits per heavy atom. The van der Waals surface area contributed by atoms with Crippen LogP contribution in [0.3, 0.4) is 0 Å². The monoisotopic (exact) mass is 1970 g/mol. The molecular weight excluding hydrogens is 1870 g/mol. The molecule has 0 spiro atoms. The van der Waals surface area contributed by atoms with Crippen molar-refractivity contribution in [1.29, 1.82) is 0 Å². The molecule has 13 aromatic rings. The predicted octanol–water partition coefficient (Wildman–Crippen LogP) is 10.7. The first kappa shape index (κ1) is 103. The van der Waals surface area contributed by atoms with Crippen molar-refractivity contribution in [2.24, 2.45) is 11.8 Å². The second-order valence-electron chi connectivity index (χ2n) is 31.3. The molecule has 4 unspecified atom stereocenters. The van der Waals surface area contributed by atoms with E-state index < -0.39 is 100 Å². The fraction of sp³-hybridized carbons (Fsp3) is 0.337. The minimum Gasteiger partial charge on any atom is -0.481 e. The second-order valence-corrected chi connectivity index (χ2v) is 36.7. The lowest BCUT2D eigenvalue weighted by atomic mass is 10.00. The number of aromatic nitrogens is 15. The summed E-state index contributed by atoms with van der Waals surface area (Å²) in [5.74, 6) is -6.42. The number of hydrogen-bond acceptors (Lipinski definition) is 38. The van der Waals surface area contributed by atoms with Gasteiger partial charge in [-0.1, -0.05) is 102 Å². The van der Waals surface area contributed by atoms with Crippen LogP contribution in [0.15, 0.2) is 148 Å². The summed E-state index contributed by atoms with van der Waals surface area (Å²) >= 11 is 3.90. The van der Waals surface area contributed by atoms with Crippen molar-refractivity contribution in [1.82, 2.24) is 84.7 Å². The summed E-state index contributed by atoms with van der Waals surface area (Å²) in [6.45, 7) is 8.61. The Morgan fingerprint density at radius 2 is 1.00 bits per heavy atom. The molecule has 18 N–H and O–H groups in total. The van der Waals surface area contributed by atoms with Gasteiger partial charge in [-0.15, -0.1) is 0 Å². The van der Waals surface area contributed by atoms with E-state index in [0.29, 0.717) is 86.6 Å². The number of rotatable bonds is 46. The van der Waals surface area contributed by atoms with Gasteiger partial charge in [0, 0.05) is 101 Å². The van der Waals surface area contributed by atoms with Crippen LogP contribution in [0.2, 0.25) is 0 Å². The van der Waals surface area contributed by atoms with E-state index in [2.05, 4.69) is 108 Å². The molecule has 0 aliphatic carbocycles. The molecule has 0 bridgehead atoms. The lowest BCUT2D eigenvalue weighted by Crippen LogP contribution is -2.41. The van der Waals surface area contributed by atoms with Crippen molar-refractivity contribution in [3.63, 3.8) is 0 Å². The largest absolute Gasteiger partial charge is 0.533 e. The number of para-hydroxylation sites is 2. The number of pyridine rings is 3. The van der Waals surface area contributed by atoms with Crippen LogP contribution < -0.4 is 60.2 Å². The Bertz CT molecular complexity index is 6660. The SMILES string of the molecule is CCCCc1nc2c(N)nc3ccccc3c2n1CC(C)(C)OC(=O)OCCSSCC(CC(=O)CCC(NC(=O)c1ccc(NCc2cnc3nc(N)[nH]c(=O)c3n2)cc1)C(=O)O)C(=O)O.CCCCc1nc2c(N)nc3ccccc3c2n1OC(=O)OCCSSc1ccccn1.Nc1nc2ncc(CNc3ccc(C(=O)NC(CCC(=O)CC(CS)C(=O)O)C(=O)O)cc3)nc2c(=O)[nH]1. The molecule has 720 valence electrons. The van der Waals surface area contributed by atoms with Gasteiger partial charge in [0.1, 0.15) is 75.7 Å². The number of unbranched alkanes of at least 4 members (excludes halogenated alkanes) is 2. The first-order chi connectivity index (χ1) is 65.7. The highest BCUT2D eigenvalue weighted by Crippen LogP contribution is 2.35. The van der Waals surface area contributed by atoms with E-state index in [1.165, 1.54) is 73.8 Å². The molecule has 9 aromatic heterocycles. The number of anilines is 6. The summed E-state index contributed by atoms with van der Waals surface area (Å²) in [5.41, 5.74) is 28.2. The van der Waals surface area contributed by atoms with Gasteiger partial charge in [0.25, 0.3) is 22.9 Å². The van der Waals surface area contributed by atoms with Crippen molar-refractivity contribution in [2.75, 3.05) is 69.8 Å². The number of H-pyrrole nitrogens is 2. The van der Waals surface area contributed by atoms with Gasteiger partial charge in [0.2, 0.25) is 11.9 Å². The third-order valence-electron chi connectivity index (χ3n) is 20.4. The quantitative estimate of drug-likeness (QED) is 0.00729. The van der Waals surface area contributed by atoms with Gasteiger partial charge >= 0.3 is 36.2 Å². The van der Waals surface area contributed by atoms with Crippen LogP contribution in [0.1, 0.15) is 136 Å². The average Bonchev–Trinajstić information content (AvgIpc) is 1.60. The second kappa shape index (κ2) is 49.6. The number of ketones is 2. The molecule has 0 saturated carbocycles. The van der Waals surface area contributed by atoms with Crippen LogP contribution in [-0.4, -0.2) is 208 Å². The maximum Gasteiger partial charge on any atom is 0.533 e. The average molecular weight is 1970 g/mol. The third kappa shape index (κ3) is 29.5. The fourth-order valence-electron chi connectivity index (χ4n) is 13.6. The molecule has 0 saturated heterocycles. The predicted molar refractivity (Wildman–Crippen MR) is 522 cm³/mol. The number of nitrogen functional groups attached to an aromatic ring is 4. The molecule has 0 fully saturated rings. The summed E-state index contributed by atoms with van der Waals surface area (Å²) in [4.78, 5) is 204. The number of carbonyl (C=O) groups excluding carboxylic acids is 6. The number of aliphatic carboxylic acids is 4. The normalized spacial score (nSPS) is 12.2. The number of carbonyl (C=O) groups is 10. The van der Waals surface area contributed by atoms with Gasteiger partial charge in [-0.2, -0.15) is 27.3 Å². The number of fused-ring (bicyclic) bond motifs is 8. The van der Waals surface area contributed by atoms with Crippen LogP contribution in [0.5, 0.6) is 0 Å². The highest BCUT2D eigenvalue weighted by atomic mass is 33.1. The van der Waals surface area contributed by atoms with E-state index in [0.717, 1.165) is 58.3 Å². The molecule has 0 aliphatic heterocycles. The number of amides is 2. The number of nitrogens with two attached hydrogens (primary N) is 4. The number of nitrogens with one attached hydrogen (secondary N) is 6. The summed E-state index contributed by atoms with van der Waals surface area (Å²) in [5, 5.41) is 51.6. The first-order valence-corrected chi connectivity index (χ1v) is 48.3. The Morgan fingerprint density at radius 1 is 0.526 bits per heavy atom. The maximum absolute atomic E-state index is 12.9. The Labute approximate surface area is 801 Å². The number of ether oxygens (including phenoxy) is 3. The number of Topliss-reactive ketones (excluding diaryl/α,β-unsaturated/α-hetero) is 2. The summed E-state index contributed by atoms with van der Waals surface area (Å²) < 4.78 is 19.9. The summed E-state index contributed by atoms with van der Waals surface area (Å²) in [6.07, 6.45) is 6.53. The highest BCUT2D eigenvalue weighted by Gasteiger charge is 2.32. The zero-order chi connectivity index (χ0) is 98.4. The summed E-state index contributed by atoms with van der Waals surface area (Å²) in [7, 11) is 5.54. The molecule has 9 heterocycles. The Kier molecular flexibility index (Phi) is 37.3. The zero-order valence-electron chi connectivity index (χ0n) is 74.4. The number of aromatic amines is 2. The molecule has 13 rings (SSSR count). The van der Waals surface area contributed by atoms with E-state index in [-0.39, 0.29) is 128 Å². The topological polar surface area (TPSA) is 658 Å². The van der Waals surface area contributed by atoms with Crippen LogP contribution in [-0.2, 0) is 75.5 Å². The van der Waals surface area contributed by atoms with E-state index in [1.54, 1.807) is 55.1 Å². The number of nitrogens with zero attached hydrogens (tertiary/aromatic N) is 13. The highest BCUT2D eigenvalue weighted by molar-refractivity contribution is 8.77. The number of imidazole rings is 2. The van der Waals surface area contributed by atoms with E-state index >= 15 is 0 Å². The van der Waals surface area contributed by atoms with E-state index in [9.17, 15) is 72.9 Å². The van der Waals surface area contributed by atoms with Gasteiger partial charge in [-0.05, 0) is 123 Å². The van der Waals surface area contributed by atoms with Crippen LogP contribution >= 0.6 is 55.8 Å².